The van der Waals surface area contributed by atoms with E-state index >= 15 is 0 Å². The van der Waals surface area contributed by atoms with Crippen LogP contribution in [0.25, 0.3) is 0 Å². The number of carbonyl (C=O) groups is 2. The number of carboxylic acid groups (broad SMARTS) is 2. The second-order valence-electron chi connectivity index (χ2n) is 30.7. The summed E-state index contributed by atoms with van der Waals surface area (Å²) in [6.07, 6.45) is 99.5. The van der Waals surface area contributed by atoms with Crippen LogP contribution in [0.3, 0.4) is 0 Å². The monoisotopic (exact) mass is 1370 g/mol. The van der Waals surface area contributed by atoms with Gasteiger partial charge in [0.1, 0.15) is 0 Å². The molecule has 0 heterocycles. The summed E-state index contributed by atoms with van der Waals surface area (Å²) in [7, 11) is 0. The van der Waals surface area contributed by atoms with E-state index < -0.39 is 11.9 Å². The largest absolute Gasteiger partial charge is 2.00 e. The molecule has 0 bridgehead atoms. The molecule has 2 atom stereocenters. The number of hydrogen-bond donors (Lipinski definition) is 0. The molecular formula is C88H176CaN2O4. The van der Waals surface area contributed by atoms with Gasteiger partial charge in [-0.05, 0) is 64.7 Å². The van der Waals surface area contributed by atoms with Gasteiger partial charge in [-0.1, -0.05) is 465 Å². The predicted octanol–water partition coefficient (Wildman–Crippen LogP) is 27.4. The van der Waals surface area contributed by atoms with Crippen molar-refractivity contribution in [1.82, 2.24) is 9.80 Å². The smallest absolute Gasteiger partial charge is 0.550 e. The molecule has 0 radical (unpaired) electrons. The van der Waals surface area contributed by atoms with E-state index in [1.165, 1.54) is 437 Å². The summed E-state index contributed by atoms with van der Waals surface area (Å²) in [5.74, 6) is -1.75. The van der Waals surface area contributed by atoms with Crippen molar-refractivity contribution in [3.05, 3.63) is 0 Å². The Labute approximate surface area is 629 Å². The Balaban J connectivity index is -0.00000176. The number of unbranched alkanes of at least 4 members (excludes halogenated alkanes) is 64. The molecule has 0 spiro atoms. The molecule has 0 saturated carbocycles. The first kappa shape index (κ1) is 99.3. The van der Waals surface area contributed by atoms with Crippen molar-refractivity contribution in [3.8, 4) is 0 Å². The van der Waals surface area contributed by atoms with Crippen LogP contribution in [0.5, 0.6) is 0 Å². The fourth-order valence-corrected chi connectivity index (χ4v) is 15.0. The first-order valence-electron chi connectivity index (χ1n) is 44.2. The Morgan fingerprint density at radius 1 is 0.200 bits per heavy atom. The third-order valence-corrected chi connectivity index (χ3v) is 21.3. The average Bonchev–Trinajstić information content (AvgIpc) is 2.03. The van der Waals surface area contributed by atoms with E-state index in [1.807, 2.05) is 0 Å². The van der Waals surface area contributed by atoms with E-state index in [4.69, 9.17) is 0 Å². The maximum Gasteiger partial charge on any atom is 2.00 e. The van der Waals surface area contributed by atoms with Gasteiger partial charge in [0.25, 0.3) is 0 Å². The van der Waals surface area contributed by atoms with Gasteiger partial charge < -0.3 is 29.6 Å². The van der Waals surface area contributed by atoms with Gasteiger partial charge in [0.05, 0.1) is 0 Å². The van der Waals surface area contributed by atoms with Crippen LogP contribution in [0, 0.1) is 0 Å². The Morgan fingerprint density at radius 3 is 0.421 bits per heavy atom. The second-order valence-corrected chi connectivity index (χ2v) is 30.7. The number of nitrogens with zero attached hydrogens (tertiary/aromatic N) is 2. The van der Waals surface area contributed by atoms with Crippen LogP contribution >= 0.6 is 0 Å². The van der Waals surface area contributed by atoms with Gasteiger partial charge in [0, 0.05) is 36.9 Å². The standard InChI is InChI=1S/2C44H89NO2.Ca/c2*1-4-7-9-11-13-15-17-19-21-23-25-27-29-31-33-35-37-40-45(43(39-6-3)42-44(46)47)41-38-36-34-32-30-28-26-24-22-20-18-16-14-12-10-8-5-2;/h2*43H,4-42H2,1-3H3,(H,46,47);/q;;+2/p-2. The molecule has 0 aliphatic carbocycles. The van der Waals surface area contributed by atoms with E-state index in [9.17, 15) is 19.8 Å². The molecule has 0 aliphatic heterocycles. The van der Waals surface area contributed by atoms with Crippen LogP contribution in [0.2, 0.25) is 0 Å². The maximum atomic E-state index is 11.5. The molecule has 0 aliphatic rings. The normalized spacial score (nSPS) is 12.2. The Morgan fingerprint density at radius 2 is 0.316 bits per heavy atom. The fourth-order valence-electron chi connectivity index (χ4n) is 15.0. The Bertz CT molecular complexity index is 1220. The SMILES string of the molecule is CCCCCCCCCCCCCCCCCCCN(CCCCCCCCCCCCCCCCCCC)C(CCC)CC(=O)[O-].CCCCCCCCCCCCCCCCCCCN(CCCCCCCCCCCCCCCCCCC)C(CCC)CC(=O)[O-].[Ca+2]. The zero-order valence-electron chi connectivity index (χ0n) is 66.5. The summed E-state index contributed by atoms with van der Waals surface area (Å²) in [6.45, 7) is 17.8. The van der Waals surface area contributed by atoms with Gasteiger partial charge in [0.2, 0.25) is 0 Å². The van der Waals surface area contributed by atoms with Crippen LogP contribution in [-0.4, -0.2) is 97.7 Å². The van der Waals surface area contributed by atoms with E-state index in [-0.39, 0.29) is 62.7 Å². The van der Waals surface area contributed by atoms with Crippen molar-refractivity contribution in [2.75, 3.05) is 26.2 Å². The quantitative estimate of drug-likeness (QED) is 0.0445. The van der Waals surface area contributed by atoms with Crippen molar-refractivity contribution in [3.63, 3.8) is 0 Å². The predicted molar refractivity (Wildman–Crippen MR) is 422 cm³/mol. The number of rotatable bonds is 82. The topological polar surface area (TPSA) is 86.7 Å². The van der Waals surface area contributed by atoms with Crippen molar-refractivity contribution >= 4 is 49.7 Å². The second kappa shape index (κ2) is 88.3. The van der Waals surface area contributed by atoms with E-state index in [0.717, 1.165) is 51.9 Å². The van der Waals surface area contributed by atoms with Gasteiger partial charge in [-0.15, -0.1) is 0 Å². The third kappa shape index (κ3) is 83.0. The summed E-state index contributed by atoms with van der Waals surface area (Å²) >= 11 is 0. The molecule has 7 heteroatoms. The Hall–Kier alpha value is 0.120. The summed E-state index contributed by atoms with van der Waals surface area (Å²) in [5, 5.41) is 23.0. The van der Waals surface area contributed by atoms with Gasteiger partial charge in [-0.3, -0.25) is 0 Å². The minimum atomic E-state index is -0.877. The van der Waals surface area contributed by atoms with E-state index in [2.05, 4.69) is 51.3 Å². The molecule has 0 aromatic rings. The third-order valence-electron chi connectivity index (χ3n) is 21.3. The molecule has 0 aromatic carbocycles. The minimum absolute atomic E-state index is 0. The van der Waals surface area contributed by atoms with Crippen molar-refractivity contribution < 1.29 is 19.8 Å². The van der Waals surface area contributed by atoms with Crippen LogP contribution in [-0.2, 0) is 9.59 Å². The van der Waals surface area contributed by atoms with E-state index in [0.29, 0.717) is 0 Å². The van der Waals surface area contributed by atoms with Gasteiger partial charge in [-0.25, -0.2) is 0 Å². The van der Waals surface area contributed by atoms with Gasteiger partial charge in [-0.2, -0.15) is 0 Å². The zero-order chi connectivity index (χ0) is 68.6. The fraction of sp³-hybridized carbons (Fsp3) is 0.977. The van der Waals surface area contributed by atoms with Crippen molar-refractivity contribution in [2.45, 2.75) is 529 Å². The van der Waals surface area contributed by atoms with Gasteiger partial charge >= 0.3 is 37.7 Å². The van der Waals surface area contributed by atoms with Crippen molar-refractivity contribution in [2.24, 2.45) is 0 Å². The molecule has 0 fully saturated rings. The first-order chi connectivity index (χ1) is 46.3. The van der Waals surface area contributed by atoms with Crippen molar-refractivity contribution in [1.29, 1.82) is 0 Å². The van der Waals surface area contributed by atoms with Crippen LogP contribution in [0.4, 0.5) is 0 Å². The molecule has 2 unspecified atom stereocenters. The summed E-state index contributed by atoms with van der Waals surface area (Å²) < 4.78 is 0. The van der Waals surface area contributed by atoms with Crippen LogP contribution in [0.15, 0.2) is 0 Å². The molecule has 0 rings (SSSR count). The summed E-state index contributed by atoms with van der Waals surface area (Å²) in [5.41, 5.74) is 0. The molecule has 0 saturated heterocycles. The zero-order valence-corrected chi connectivity index (χ0v) is 68.8. The number of hydrogen-bond acceptors (Lipinski definition) is 6. The molecule has 0 N–H and O–H groups in total. The van der Waals surface area contributed by atoms with E-state index in [1.54, 1.807) is 0 Å². The molecule has 0 amide bonds. The number of carbonyl (C=O) groups excluding carboxylic acids is 2. The molecule has 6 nitrogen and oxygen atoms in total. The summed E-state index contributed by atoms with van der Waals surface area (Å²) in [4.78, 5) is 28.1. The first-order valence-corrected chi connectivity index (χ1v) is 44.2. The maximum absolute atomic E-state index is 11.5. The minimum Gasteiger partial charge on any atom is -0.550 e. The molecule has 564 valence electrons. The molecule has 95 heavy (non-hydrogen) atoms. The number of carboxylic acids is 2. The van der Waals surface area contributed by atoms with Crippen LogP contribution < -0.4 is 10.2 Å². The summed E-state index contributed by atoms with van der Waals surface area (Å²) in [6, 6.07) is 0.319. The Kier molecular flexibility index (Phi) is 92.3. The molecular weight excluding hydrogens is 1190 g/mol. The molecule has 0 aromatic heterocycles. The number of aliphatic carboxylic acids is 2. The van der Waals surface area contributed by atoms with Crippen LogP contribution in [0.1, 0.15) is 517 Å². The van der Waals surface area contributed by atoms with Gasteiger partial charge in [0.15, 0.2) is 0 Å². The average molecular weight is 1370 g/mol.